The number of nitrogens with one attached hydrogen (secondary N) is 20. The molecule has 0 radical (unpaired) electrons. The van der Waals surface area contributed by atoms with Crippen molar-refractivity contribution in [3.63, 3.8) is 0 Å². The quantitative estimate of drug-likeness (QED) is 0.0269. The summed E-state index contributed by atoms with van der Waals surface area (Å²) < 4.78 is 0. The first kappa shape index (κ1) is 121. The van der Waals surface area contributed by atoms with Crippen LogP contribution in [0.1, 0.15) is 57.8 Å². The van der Waals surface area contributed by atoms with E-state index in [1.165, 1.54) is 0 Å². The van der Waals surface area contributed by atoms with Crippen LogP contribution < -0.4 is 129 Å². The van der Waals surface area contributed by atoms with Gasteiger partial charge in [-0.2, -0.15) is 0 Å². The molecule has 69 nitrogen and oxygen atoms in total. The summed E-state index contributed by atoms with van der Waals surface area (Å²) in [5.74, 6) is -47.7. The SMILES string of the molecule is NC(=O)C[C@H](NC(=O)[C@H](CO)NC(=O)[C@H](CC(=O)O)NC(=O)[C@H](CO)NC(=O)[C@H](CC(=O)O)NC(=O)[C@H](CC(N)=O)NC(=O)[C@H](CO)NC(=O)[C@H](CC(=O)O)NC(=O)[C@H](CO)NC(=O)CNC(=O)[C@H](CO)NC(=O)CNC(=O)[C@H](CC(=O)O)NC(=O)[C@H](CC(N)=O)NC(=O)[C@H](CO)NC(=O)[C@@H](N)CC(=O)O)C(=O)N[C@@H](CC(=O)O)C(=O)NCC(=O)N[C@@H](CO)C(=O)NCC(=O)N[C@@H](CO)C(=O)O. The topological polar surface area (TPSA) is 1160 Å². The highest BCUT2D eigenvalue weighted by atomic mass is 16.4. The second-order valence-electron chi connectivity index (χ2n) is 28.1. The van der Waals surface area contributed by atoms with Gasteiger partial charge in [-0.3, -0.25) is 139 Å². The van der Waals surface area contributed by atoms with Crippen LogP contribution in [0.5, 0.6) is 0 Å². The molecule has 0 fully saturated rings. The Morgan fingerprint density at radius 2 is 0.314 bits per heavy atom. The summed E-state index contributed by atoms with van der Waals surface area (Å²) in [5, 5.41) is 181. The molecule has 0 aliphatic heterocycles. The fourth-order valence-corrected chi connectivity index (χ4v) is 10.4. The summed E-state index contributed by atoms with van der Waals surface area (Å²) in [6, 6.07) is -37.5. The summed E-state index contributed by atoms with van der Waals surface area (Å²) in [6.45, 7) is -15.4. The Morgan fingerprint density at radius 3 is 0.489 bits per heavy atom. The lowest BCUT2D eigenvalue weighted by Crippen LogP contribution is -2.62. The fourth-order valence-electron chi connectivity index (χ4n) is 10.4. The van der Waals surface area contributed by atoms with Gasteiger partial charge in [0.15, 0.2) is 0 Å². The number of primary amides is 3. The van der Waals surface area contributed by atoms with Crippen molar-refractivity contribution in [2.75, 3.05) is 79.0 Å². The van der Waals surface area contributed by atoms with Gasteiger partial charge in [0, 0.05) is 0 Å². The average molecular weight is 1980 g/mol. The van der Waals surface area contributed by atoms with E-state index in [-0.39, 0.29) is 0 Å². The molecular weight excluding hydrogens is 1870 g/mol. The standard InChI is InChI=1S/C68H102N24O45/c69-22(1-46(108)109)52(120)89-34(17-96)64(132)81-23(2-39(70)101)57(125)84-26(5-47(110)111)53(121)73-10-42(104)77-31(14-93)55(123)75-12-44(106)79-33(16-95)63(131)87-29(8-50(116)117)61(129)90-36(19-98)66(134)83-25(4-41(72)103)59(127)86-28(7-49(114)115)60(128)92-37(20-99)67(135)88-30(9-51(118)119)62(130)91-35(18-97)65(133)82-24(3-40(71)102)58(126)85-27(6-48(112)113)54(122)74-11-43(105)78-32(15-94)56(124)76-13-45(107)80-38(21-100)68(136)137/h22-38,93-100H,1-21,69H2,(H2,70,101)(H2,71,102)(H2,72,103)(H,73,121)(H,74,122)(H,75,123)(H,76,124)(H,77,104)(H,78,105)(H,79,106)(H,80,107)(H,81,132)(H,82,133)(H,83,134)(H,84,125)(H,85,126)(H,86,127)(H,87,131)(H,88,135)(H,89,120)(H,90,129)(H,91,130)(H,92,128)(H,108,109)(H,110,111)(H,112,113)(H,114,115)(H,116,117)(H,118,119)(H,136,137)/t22-,23-,24-,25-,26-,27-,28-,29-,30-,31-,32-,33-,34-,35-,36-,37-,38-/m0/s1. The highest BCUT2D eigenvalue weighted by molar-refractivity contribution is 6.05. The summed E-state index contributed by atoms with van der Waals surface area (Å²) in [7, 11) is 0. The number of rotatable bonds is 67. The Bertz CT molecular complexity index is 4480. The molecule has 0 bridgehead atoms. The number of nitrogens with two attached hydrogens (primary N) is 4. The Hall–Kier alpha value is -16.3. The number of aliphatic hydroxyl groups excluding tert-OH is 8. The van der Waals surface area contributed by atoms with Crippen molar-refractivity contribution in [2.45, 2.75) is 160 Å². The van der Waals surface area contributed by atoms with Crippen molar-refractivity contribution >= 4 is 178 Å². The molecule has 0 aromatic rings. The first-order valence-corrected chi connectivity index (χ1v) is 38.9. The smallest absolute Gasteiger partial charge is 0.328 e. The van der Waals surface area contributed by atoms with E-state index < -0.39 is 417 Å². The Morgan fingerprint density at radius 1 is 0.175 bits per heavy atom. The van der Waals surface area contributed by atoms with Crippen LogP contribution in [0.3, 0.4) is 0 Å². The molecule has 0 rings (SSSR count). The fraction of sp³-hybridized carbons (Fsp3) is 0.559. The summed E-state index contributed by atoms with van der Waals surface area (Å²) in [4.78, 5) is 380. The molecule has 0 aliphatic rings. The molecule has 0 saturated carbocycles. The van der Waals surface area contributed by atoms with E-state index in [1.807, 2.05) is 69.1 Å². The molecule has 0 aromatic heterocycles. The normalized spacial score (nSPS) is 14.4. The third-order valence-electron chi connectivity index (χ3n) is 17.2. The average Bonchev–Trinajstić information content (AvgIpc) is 0.848. The maximum atomic E-state index is 13.8. The van der Waals surface area contributed by atoms with Crippen LogP contribution in [0.15, 0.2) is 0 Å². The Labute approximate surface area is 764 Å². The zero-order valence-corrected chi connectivity index (χ0v) is 70.9. The van der Waals surface area contributed by atoms with Crippen molar-refractivity contribution in [1.29, 1.82) is 0 Å². The van der Waals surface area contributed by atoms with Gasteiger partial charge in [0.2, 0.25) is 136 Å². The van der Waals surface area contributed by atoms with Gasteiger partial charge in [-0.15, -0.1) is 0 Å². The van der Waals surface area contributed by atoms with E-state index in [9.17, 15) is 205 Å². The maximum Gasteiger partial charge on any atom is 0.328 e. The van der Waals surface area contributed by atoms with E-state index in [4.69, 9.17) is 38.3 Å². The number of hydrogen-bond donors (Lipinski definition) is 39. The lowest BCUT2D eigenvalue weighted by molar-refractivity contribution is -0.143. The number of hydrogen-bond acceptors (Lipinski definition) is 39. The van der Waals surface area contributed by atoms with Gasteiger partial charge in [0.25, 0.3) is 0 Å². The highest BCUT2D eigenvalue weighted by Gasteiger charge is 2.41. The third-order valence-corrected chi connectivity index (χ3v) is 17.2. The molecule has 23 amide bonds. The first-order valence-electron chi connectivity index (χ1n) is 38.9. The van der Waals surface area contributed by atoms with Gasteiger partial charge in [-0.25, -0.2) is 4.79 Å². The van der Waals surface area contributed by atoms with Crippen LogP contribution in [0, 0.1) is 0 Å². The van der Waals surface area contributed by atoms with Crippen molar-refractivity contribution in [3.8, 4) is 0 Å². The summed E-state index contributed by atoms with van der Waals surface area (Å²) in [5.41, 5.74) is 21.0. The minimum absolute atomic E-state index is 0.946. The molecular formula is C68H102N24O45. The summed E-state index contributed by atoms with van der Waals surface area (Å²) >= 11 is 0. The predicted molar refractivity (Wildman–Crippen MR) is 430 cm³/mol. The van der Waals surface area contributed by atoms with Crippen molar-refractivity contribution in [2.24, 2.45) is 22.9 Å². The van der Waals surface area contributed by atoms with Gasteiger partial charge in [-0.1, -0.05) is 0 Å². The Balaban J connectivity index is 6.39. The van der Waals surface area contributed by atoms with E-state index in [0.29, 0.717) is 0 Å². The highest BCUT2D eigenvalue weighted by Crippen LogP contribution is 2.08. The molecule has 0 saturated heterocycles. The molecule has 0 aliphatic carbocycles. The largest absolute Gasteiger partial charge is 0.481 e. The molecule has 0 heterocycles. The number of carboxylic acid groups (broad SMARTS) is 7. The number of carbonyl (C=O) groups excluding carboxylic acids is 23. The lowest BCUT2D eigenvalue weighted by Gasteiger charge is -2.26. The number of aliphatic hydroxyl groups is 8. The summed E-state index contributed by atoms with van der Waals surface area (Å²) in [6.07, 6.45) is -11.8. The van der Waals surface area contributed by atoms with E-state index in [0.717, 1.165) is 0 Å². The van der Waals surface area contributed by atoms with Crippen molar-refractivity contribution in [1.82, 2.24) is 106 Å². The molecule has 764 valence electrons. The first-order chi connectivity index (χ1) is 63.9. The van der Waals surface area contributed by atoms with Crippen LogP contribution >= 0.6 is 0 Å². The number of carbonyl (C=O) groups is 30. The van der Waals surface area contributed by atoms with E-state index >= 15 is 0 Å². The maximum absolute atomic E-state index is 13.8. The number of amides is 23. The lowest BCUT2D eigenvalue weighted by atomic mass is 10.1. The van der Waals surface area contributed by atoms with Gasteiger partial charge in [-0.05, 0) is 0 Å². The molecule has 0 spiro atoms. The molecule has 0 aromatic carbocycles. The van der Waals surface area contributed by atoms with Gasteiger partial charge in [0.1, 0.15) is 96.7 Å². The number of aliphatic carboxylic acids is 7. The zero-order chi connectivity index (χ0) is 105. The minimum atomic E-state index is -2.50. The monoisotopic (exact) mass is 1970 g/mol. The van der Waals surface area contributed by atoms with Gasteiger partial charge >= 0.3 is 41.8 Å². The second kappa shape index (κ2) is 61.5. The second-order valence-corrected chi connectivity index (χ2v) is 28.1. The van der Waals surface area contributed by atoms with E-state index in [1.54, 1.807) is 37.2 Å². The van der Waals surface area contributed by atoms with Gasteiger partial charge < -0.3 is 206 Å². The van der Waals surface area contributed by atoms with Crippen LogP contribution in [0.4, 0.5) is 0 Å². The molecule has 0 unspecified atom stereocenters. The van der Waals surface area contributed by atoms with Crippen molar-refractivity contribution in [3.05, 3.63) is 0 Å². The molecule has 137 heavy (non-hydrogen) atoms. The van der Waals surface area contributed by atoms with E-state index in [2.05, 4.69) is 0 Å². The predicted octanol–water partition coefficient (Wildman–Crippen LogP) is -27.0. The third kappa shape index (κ3) is 47.1. The molecule has 69 heteroatoms. The minimum Gasteiger partial charge on any atom is -0.481 e. The number of carboxylic acids is 7. The molecule has 43 N–H and O–H groups in total. The van der Waals surface area contributed by atoms with Crippen molar-refractivity contribution < 1.29 is 220 Å². The van der Waals surface area contributed by atoms with Crippen LogP contribution in [-0.4, -0.2) is 436 Å². The Kier molecular flexibility index (Phi) is 54.2. The van der Waals surface area contributed by atoms with Crippen LogP contribution in [0.2, 0.25) is 0 Å². The van der Waals surface area contributed by atoms with Gasteiger partial charge in [0.05, 0.1) is 143 Å². The van der Waals surface area contributed by atoms with Crippen LogP contribution in [0.25, 0.3) is 0 Å². The zero-order valence-electron chi connectivity index (χ0n) is 70.9. The van der Waals surface area contributed by atoms with Crippen LogP contribution in [-0.2, 0) is 144 Å². The molecule has 17 atom stereocenters.